The molecule has 3 heteroatoms. The summed E-state index contributed by atoms with van der Waals surface area (Å²) in [5.41, 5.74) is 0. The van der Waals surface area contributed by atoms with Gasteiger partial charge in [0.15, 0.2) is 0 Å². The highest BCUT2D eigenvalue weighted by atomic mass is 15.2. The highest BCUT2D eigenvalue weighted by molar-refractivity contribution is 4.87. The molecule has 3 nitrogen and oxygen atoms in total. The molecule has 0 spiro atoms. The van der Waals surface area contributed by atoms with Crippen LogP contribution in [0.25, 0.3) is 0 Å². The summed E-state index contributed by atoms with van der Waals surface area (Å²) in [5.74, 6) is 0.694. The van der Waals surface area contributed by atoms with Crippen LogP contribution < -0.4 is 5.32 Å². The zero-order valence-corrected chi connectivity index (χ0v) is 8.58. The number of nitrogens with zero attached hydrogens (tertiary/aromatic N) is 2. The van der Waals surface area contributed by atoms with Crippen molar-refractivity contribution in [3.8, 4) is 6.07 Å². The molecule has 1 saturated heterocycles. The Labute approximate surface area is 80.7 Å². The zero-order valence-electron chi connectivity index (χ0n) is 8.58. The van der Waals surface area contributed by atoms with E-state index < -0.39 is 0 Å². The normalized spacial score (nSPS) is 24.6. The summed E-state index contributed by atoms with van der Waals surface area (Å²) in [4.78, 5) is 2.43. The van der Waals surface area contributed by atoms with E-state index in [1.54, 1.807) is 0 Å². The lowest BCUT2D eigenvalue weighted by atomic mass is 10.1. The molecule has 0 amide bonds. The van der Waals surface area contributed by atoms with Crippen LogP contribution in [0.15, 0.2) is 0 Å². The van der Waals surface area contributed by atoms with E-state index in [1.807, 2.05) is 0 Å². The first-order valence-electron chi connectivity index (χ1n) is 5.05. The molecule has 1 aliphatic heterocycles. The van der Waals surface area contributed by atoms with Crippen LogP contribution in [0.1, 0.15) is 20.3 Å². The lowest BCUT2D eigenvalue weighted by Gasteiger charge is -2.35. The van der Waals surface area contributed by atoms with Gasteiger partial charge in [-0.3, -0.25) is 4.90 Å². The topological polar surface area (TPSA) is 39.1 Å². The average molecular weight is 181 g/mol. The Balaban J connectivity index is 2.42. The fourth-order valence-corrected chi connectivity index (χ4v) is 1.82. The molecule has 13 heavy (non-hydrogen) atoms. The van der Waals surface area contributed by atoms with Crippen LogP contribution >= 0.6 is 0 Å². The molecule has 0 saturated carbocycles. The maximum atomic E-state index is 8.67. The third-order valence-corrected chi connectivity index (χ3v) is 2.40. The lowest BCUT2D eigenvalue weighted by molar-refractivity contribution is 0.146. The van der Waals surface area contributed by atoms with Crippen molar-refractivity contribution in [2.24, 2.45) is 5.92 Å². The Bertz CT molecular complexity index is 183. The van der Waals surface area contributed by atoms with E-state index >= 15 is 0 Å². The quantitative estimate of drug-likeness (QED) is 0.701. The van der Waals surface area contributed by atoms with Crippen molar-refractivity contribution < 1.29 is 0 Å². The van der Waals surface area contributed by atoms with Crippen molar-refractivity contribution in [2.45, 2.75) is 26.3 Å². The Morgan fingerprint density at radius 3 is 3.00 bits per heavy atom. The molecule has 1 N–H and O–H groups in total. The van der Waals surface area contributed by atoms with Crippen LogP contribution in [-0.4, -0.2) is 37.1 Å². The number of hydrogen-bond acceptors (Lipinski definition) is 3. The summed E-state index contributed by atoms with van der Waals surface area (Å²) in [6.07, 6.45) is 0.653. The Morgan fingerprint density at radius 2 is 2.38 bits per heavy atom. The second kappa shape index (κ2) is 5.21. The molecular weight excluding hydrogens is 162 g/mol. The molecule has 0 aromatic carbocycles. The van der Waals surface area contributed by atoms with Gasteiger partial charge in [-0.1, -0.05) is 13.8 Å². The fraction of sp³-hybridized carbons (Fsp3) is 0.900. The summed E-state index contributed by atoms with van der Waals surface area (Å²) < 4.78 is 0. The molecule has 1 aliphatic rings. The van der Waals surface area contributed by atoms with Crippen LogP contribution in [0.2, 0.25) is 0 Å². The minimum atomic E-state index is 0.432. The standard InChI is InChI=1S/C10H19N3/c1-9(2)8-13-6-5-12-7-10(13)3-4-11/h9-10,12H,3,5-8H2,1-2H3. The van der Waals surface area contributed by atoms with Crippen molar-refractivity contribution in [3.63, 3.8) is 0 Å². The van der Waals surface area contributed by atoms with E-state index in [9.17, 15) is 0 Å². The summed E-state index contributed by atoms with van der Waals surface area (Å²) >= 11 is 0. The van der Waals surface area contributed by atoms with Gasteiger partial charge in [-0.2, -0.15) is 5.26 Å². The van der Waals surface area contributed by atoms with Gasteiger partial charge in [0.25, 0.3) is 0 Å². The van der Waals surface area contributed by atoms with E-state index in [-0.39, 0.29) is 0 Å². The molecular formula is C10H19N3. The summed E-state index contributed by atoms with van der Waals surface area (Å²) in [6, 6.07) is 2.69. The molecule has 1 rings (SSSR count). The molecule has 1 unspecified atom stereocenters. The predicted octanol–water partition coefficient (Wildman–Crippen LogP) is 0.830. The number of piperazine rings is 1. The highest BCUT2D eigenvalue weighted by Crippen LogP contribution is 2.09. The Morgan fingerprint density at radius 1 is 1.62 bits per heavy atom. The second-order valence-electron chi connectivity index (χ2n) is 4.11. The lowest BCUT2D eigenvalue weighted by Crippen LogP contribution is -2.52. The van der Waals surface area contributed by atoms with Crippen LogP contribution in [-0.2, 0) is 0 Å². The third-order valence-electron chi connectivity index (χ3n) is 2.40. The third kappa shape index (κ3) is 3.33. The van der Waals surface area contributed by atoms with Crippen LogP contribution in [0.5, 0.6) is 0 Å². The number of rotatable bonds is 3. The number of nitriles is 1. The first-order valence-corrected chi connectivity index (χ1v) is 5.05. The minimum absolute atomic E-state index is 0.432. The van der Waals surface area contributed by atoms with E-state index in [0.29, 0.717) is 18.4 Å². The molecule has 1 atom stereocenters. The Hall–Kier alpha value is -0.590. The fourth-order valence-electron chi connectivity index (χ4n) is 1.82. The minimum Gasteiger partial charge on any atom is -0.314 e. The van der Waals surface area contributed by atoms with Crippen LogP contribution in [0, 0.1) is 17.2 Å². The summed E-state index contributed by atoms with van der Waals surface area (Å²) in [6.45, 7) is 8.70. The van der Waals surface area contributed by atoms with E-state index in [0.717, 1.165) is 26.2 Å². The second-order valence-corrected chi connectivity index (χ2v) is 4.11. The monoisotopic (exact) mass is 181 g/mol. The van der Waals surface area contributed by atoms with Crippen molar-refractivity contribution in [1.82, 2.24) is 10.2 Å². The van der Waals surface area contributed by atoms with Gasteiger partial charge in [-0.25, -0.2) is 0 Å². The summed E-state index contributed by atoms with van der Waals surface area (Å²) in [5, 5.41) is 12.0. The first kappa shape index (κ1) is 10.5. The largest absolute Gasteiger partial charge is 0.314 e. The SMILES string of the molecule is CC(C)CN1CCNCC1CC#N. The molecule has 0 bridgehead atoms. The summed E-state index contributed by atoms with van der Waals surface area (Å²) in [7, 11) is 0. The van der Waals surface area contributed by atoms with Crippen molar-refractivity contribution in [1.29, 1.82) is 5.26 Å². The molecule has 0 aromatic rings. The molecule has 0 aliphatic carbocycles. The molecule has 1 fully saturated rings. The van der Waals surface area contributed by atoms with Gasteiger partial charge in [-0.15, -0.1) is 0 Å². The molecule has 0 aromatic heterocycles. The maximum absolute atomic E-state index is 8.67. The number of nitrogens with one attached hydrogen (secondary N) is 1. The van der Waals surface area contributed by atoms with Gasteiger partial charge in [0.1, 0.15) is 0 Å². The van der Waals surface area contributed by atoms with Crippen molar-refractivity contribution >= 4 is 0 Å². The molecule has 1 heterocycles. The predicted molar refractivity (Wildman–Crippen MR) is 53.3 cm³/mol. The van der Waals surface area contributed by atoms with Crippen molar-refractivity contribution in [3.05, 3.63) is 0 Å². The maximum Gasteiger partial charge on any atom is 0.0638 e. The zero-order chi connectivity index (χ0) is 9.68. The van der Waals surface area contributed by atoms with Gasteiger partial charge < -0.3 is 5.32 Å². The number of hydrogen-bond donors (Lipinski definition) is 1. The van der Waals surface area contributed by atoms with Gasteiger partial charge in [-0.05, 0) is 5.92 Å². The molecule has 0 radical (unpaired) electrons. The van der Waals surface area contributed by atoms with Crippen LogP contribution in [0.4, 0.5) is 0 Å². The van der Waals surface area contributed by atoms with E-state index in [4.69, 9.17) is 5.26 Å². The van der Waals surface area contributed by atoms with Crippen LogP contribution in [0.3, 0.4) is 0 Å². The van der Waals surface area contributed by atoms with Crippen molar-refractivity contribution in [2.75, 3.05) is 26.2 Å². The van der Waals surface area contributed by atoms with Gasteiger partial charge in [0.2, 0.25) is 0 Å². The van der Waals surface area contributed by atoms with E-state index in [1.165, 1.54) is 0 Å². The Kier molecular flexibility index (Phi) is 4.20. The highest BCUT2D eigenvalue weighted by Gasteiger charge is 2.21. The van der Waals surface area contributed by atoms with Gasteiger partial charge in [0.05, 0.1) is 12.5 Å². The molecule has 74 valence electrons. The van der Waals surface area contributed by atoms with E-state index in [2.05, 4.69) is 30.1 Å². The van der Waals surface area contributed by atoms with Gasteiger partial charge in [0, 0.05) is 32.2 Å². The smallest absolute Gasteiger partial charge is 0.0638 e. The first-order chi connectivity index (χ1) is 6.24. The van der Waals surface area contributed by atoms with Gasteiger partial charge >= 0.3 is 0 Å². The average Bonchev–Trinajstić information content (AvgIpc) is 2.08.